The highest BCUT2D eigenvalue weighted by atomic mass is 16.2. The van der Waals surface area contributed by atoms with Crippen molar-refractivity contribution in [1.29, 1.82) is 0 Å². The smallest absolute Gasteiger partial charge is 0.249 e. The Labute approximate surface area is 123 Å². The van der Waals surface area contributed by atoms with Crippen LogP contribution in [0, 0.1) is 0 Å². The molecule has 6 heteroatoms. The van der Waals surface area contributed by atoms with Gasteiger partial charge in [0.2, 0.25) is 17.7 Å². The van der Waals surface area contributed by atoms with E-state index >= 15 is 0 Å². The number of nitrogens with two attached hydrogens (primary N) is 1. The molecule has 0 aliphatic carbocycles. The summed E-state index contributed by atoms with van der Waals surface area (Å²) in [7, 11) is 0. The van der Waals surface area contributed by atoms with Crippen LogP contribution < -0.4 is 11.1 Å². The summed E-state index contributed by atoms with van der Waals surface area (Å²) >= 11 is 0. The fourth-order valence-corrected chi connectivity index (χ4v) is 2.40. The Balaban J connectivity index is 2.09. The van der Waals surface area contributed by atoms with Gasteiger partial charge in [0.05, 0.1) is 6.42 Å². The lowest BCUT2D eigenvalue weighted by molar-refractivity contribution is -0.149. The minimum absolute atomic E-state index is 0.0655. The lowest BCUT2D eigenvalue weighted by Gasteiger charge is -2.33. The summed E-state index contributed by atoms with van der Waals surface area (Å²) in [6.45, 7) is 2.20. The molecule has 1 aromatic rings. The zero-order valence-electron chi connectivity index (χ0n) is 12.0. The van der Waals surface area contributed by atoms with Crippen molar-refractivity contribution in [3.63, 3.8) is 0 Å². The molecule has 1 fully saturated rings. The second-order valence-corrected chi connectivity index (χ2v) is 5.06. The molecule has 1 aliphatic heterocycles. The molecule has 0 spiro atoms. The molecule has 6 nitrogen and oxygen atoms in total. The van der Waals surface area contributed by atoms with E-state index in [1.165, 1.54) is 4.90 Å². The first kappa shape index (κ1) is 15.2. The number of piperazine rings is 1. The van der Waals surface area contributed by atoms with Gasteiger partial charge in [-0.15, -0.1) is 0 Å². The Bertz CT molecular complexity index is 554. The van der Waals surface area contributed by atoms with Crippen molar-refractivity contribution in [3.8, 4) is 0 Å². The van der Waals surface area contributed by atoms with Crippen molar-refractivity contribution in [1.82, 2.24) is 10.2 Å². The Kier molecular flexibility index (Phi) is 4.70. The third kappa shape index (κ3) is 3.46. The minimum atomic E-state index is -0.571. The molecular weight excluding hydrogens is 270 g/mol. The Morgan fingerprint density at radius 3 is 2.48 bits per heavy atom. The number of rotatable bonds is 4. The third-order valence-corrected chi connectivity index (χ3v) is 3.58. The van der Waals surface area contributed by atoms with E-state index in [9.17, 15) is 14.4 Å². The largest absolute Gasteiger partial charge is 0.326 e. The number of benzene rings is 1. The van der Waals surface area contributed by atoms with E-state index in [2.05, 4.69) is 5.32 Å². The van der Waals surface area contributed by atoms with Crippen molar-refractivity contribution in [2.24, 2.45) is 5.73 Å². The number of hydrogen-bond donors (Lipinski definition) is 2. The summed E-state index contributed by atoms with van der Waals surface area (Å²) in [4.78, 5) is 36.9. The van der Waals surface area contributed by atoms with Gasteiger partial charge in [0.15, 0.2) is 0 Å². The van der Waals surface area contributed by atoms with Crippen LogP contribution in [-0.4, -0.2) is 35.2 Å². The molecule has 21 heavy (non-hydrogen) atoms. The lowest BCUT2D eigenvalue weighted by Crippen LogP contribution is -2.59. The number of carbonyl (C=O) groups is 3. The SMILES string of the molecule is CCC1C(=O)NC(=O)CN1C(=O)Cc1ccc(CN)cc1. The molecule has 1 unspecified atom stereocenters. The van der Waals surface area contributed by atoms with Crippen LogP contribution in [0.2, 0.25) is 0 Å². The lowest BCUT2D eigenvalue weighted by atomic mass is 10.1. The van der Waals surface area contributed by atoms with Crippen LogP contribution in [0.5, 0.6) is 0 Å². The van der Waals surface area contributed by atoms with Crippen LogP contribution in [0.1, 0.15) is 24.5 Å². The van der Waals surface area contributed by atoms with E-state index in [0.717, 1.165) is 11.1 Å². The van der Waals surface area contributed by atoms with Gasteiger partial charge < -0.3 is 10.6 Å². The molecule has 1 aromatic carbocycles. The highest BCUT2D eigenvalue weighted by Gasteiger charge is 2.35. The molecule has 1 aliphatic rings. The topological polar surface area (TPSA) is 92.5 Å². The average Bonchev–Trinajstić information content (AvgIpc) is 2.47. The molecule has 0 bridgehead atoms. The summed E-state index contributed by atoms with van der Waals surface area (Å²) in [6, 6.07) is 6.85. The number of carbonyl (C=O) groups excluding carboxylic acids is 3. The summed E-state index contributed by atoms with van der Waals surface area (Å²) in [6.07, 6.45) is 0.652. The maximum Gasteiger partial charge on any atom is 0.249 e. The van der Waals surface area contributed by atoms with Crippen LogP contribution in [0.3, 0.4) is 0 Å². The fourth-order valence-electron chi connectivity index (χ4n) is 2.40. The molecule has 1 saturated heterocycles. The minimum Gasteiger partial charge on any atom is -0.326 e. The molecule has 2 rings (SSSR count). The van der Waals surface area contributed by atoms with Crippen molar-refractivity contribution in [3.05, 3.63) is 35.4 Å². The fraction of sp³-hybridized carbons (Fsp3) is 0.400. The van der Waals surface area contributed by atoms with Crippen LogP contribution in [-0.2, 0) is 27.3 Å². The Hall–Kier alpha value is -2.21. The van der Waals surface area contributed by atoms with Crippen molar-refractivity contribution < 1.29 is 14.4 Å². The highest BCUT2D eigenvalue weighted by molar-refractivity contribution is 6.04. The first-order valence-corrected chi connectivity index (χ1v) is 6.96. The molecule has 0 saturated carbocycles. The van der Waals surface area contributed by atoms with Crippen molar-refractivity contribution in [2.75, 3.05) is 6.54 Å². The molecule has 0 radical (unpaired) electrons. The molecule has 3 N–H and O–H groups in total. The zero-order chi connectivity index (χ0) is 15.4. The van der Waals surface area contributed by atoms with Gasteiger partial charge in [0.25, 0.3) is 0 Å². The van der Waals surface area contributed by atoms with Crippen LogP contribution in [0.4, 0.5) is 0 Å². The van der Waals surface area contributed by atoms with Crippen LogP contribution in [0.25, 0.3) is 0 Å². The van der Waals surface area contributed by atoms with Crippen LogP contribution >= 0.6 is 0 Å². The Morgan fingerprint density at radius 2 is 1.90 bits per heavy atom. The van der Waals surface area contributed by atoms with Gasteiger partial charge in [-0.3, -0.25) is 19.7 Å². The van der Waals surface area contributed by atoms with Crippen molar-refractivity contribution >= 4 is 17.7 Å². The molecule has 0 aromatic heterocycles. The standard InChI is InChI=1S/C15H19N3O3/c1-2-12-15(21)17-13(19)9-18(12)14(20)7-10-3-5-11(8-16)6-4-10/h3-6,12H,2,7-9,16H2,1H3,(H,17,19,21). The normalized spacial score (nSPS) is 18.6. The van der Waals surface area contributed by atoms with E-state index in [0.29, 0.717) is 13.0 Å². The van der Waals surface area contributed by atoms with E-state index < -0.39 is 17.9 Å². The summed E-state index contributed by atoms with van der Waals surface area (Å²) in [5.74, 6) is -1.05. The third-order valence-electron chi connectivity index (χ3n) is 3.58. The van der Waals surface area contributed by atoms with E-state index in [1.807, 2.05) is 31.2 Å². The van der Waals surface area contributed by atoms with Gasteiger partial charge in [0, 0.05) is 6.54 Å². The maximum atomic E-state index is 12.4. The van der Waals surface area contributed by atoms with Gasteiger partial charge in [-0.25, -0.2) is 0 Å². The van der Waals surface area contributed by atoms with Gasteiger partial charge in [-0.2, -0.15) is 0 Å². The second kappa shape index (κ2) is 6.49. The summed E-state index contributed by atoms with van der Waals surface area (Å²) < 4.78 is 0. The Morgan fingerprint density at radius 1 is 1.29 bits per heavy atom. The number of amides is 3. The van der Waals surface area contributed by atoms with Gasteiger partial charge in [-0.05, 0) is 17.5 Å². The van der Waals surface area contributed by atoms with Gasteiger partial charge in [-0.1, -0.05) is 31.2 Å². The summed E-state index contributed by atoms with van der Waals surface area (Å²) in [5, 5.41) is 2.26. The van der Waals surface area contributed by atoms with Gasteiger partial charge >= 0.3 is 0 Å². The average molecular weight is 289 g/mol. The first-order chi connectivity index (χ1) is 10.0. The number of imide groups is 1. The molecule has 1 heterocycles. The van der Waals surface area contributed by atoms with Crippen LogP contribution in [0.15, 0.2) is 24.3 Å². The highest BCUT2D eigenvalue weighted by Crippen LogP contribution is 2.13. The second-order valence-electron chi connectivity index (χ2n) is 5.06. The maximum absolute atomic E-state index is 12.4. The monoisotopic (exact) mass is 289 g/mol. The molecule has 1 atom stereocenters. The molecular formula is C15H19N3O3. The summed E-state index contributed by atoms with van der Waals surface area (Å²) in [5.41, 5.74) is 7.36. The zero-order valence-corrected chi connectivity index (χ0v) is 12.0. The first-order valence-electron chi connectivity index (χ1n) is 6.96. The molecule has 3 amide bonds. The van der Waals surface area contributed by atoms with E-state index in [4.69, 9.17) is 5.73 Å². The van der Waals surface area contributed by atoms with Crippen molar-refractivity contribution in [2.45, 2.75) is 32.4 Å². The predicted octanol–water partition coefficient (Wildman–Crippen LogP) is -0.0486. The van der Waals surface area contributed by atoms with Gasteiger partial charge in [0.1, 0.15) is 12.6 Å². The predicted molar refractivity (Wildman–Crippen MR) is 77.0 cm³/mol. The molecule has 112 valence electrons. The number of hydrogen-bond acceptors (Lipinski definition) is 4. The number of nitrogens with one attached hydrogen (secondary N) is 1. The van der Waals surface area contributed by atoms with E-state index in [1.54, 1.807) is 0 Å². The van der Waals surface area contributed by atoms with E-state index in [-0.39, 0.29) is 18.9 Å². The number of nitrogens with zero attached hydrogens (tertiary/aromatic N) is 1. The quantitative estimate of drug-likeness (QED) is 0.760.